The van der Waals surface area contributed by atoms with Crippen molar-refractivity contribution in [3.05, 3.63) is 29.3 Å². The molecule has 1 atom stereocenters. The van der Waals surface area contributed by atoms with Crippen LogP contribution in [0.3, 0.4) is 0 Å². The van der Waals surface area contributed by atoms with Crippen molar-refractivity contribution in [1.29, 1.82) is 0 Å². The lowest BCUT2D eigenvalue weighted by molar-refractivity contribution is -0.126. The van der Waals surface area contributed by atoms with Gasteiger partial charge in [0.2, 0.25) is 5.91 Å². The quantitative estimate of drug-likeness (QED) is 0.867. The summed E-state index contributed by atoms with van der Waals surface area (Å²) in [7, 11) is 0. The van der Waals surface area contributed by atoms with Gasteiger partial charge in [-0.3, -0.25) is 4.79 Å². The van der Waals surface area contributed by atoms with Crippen molar-refractivity contribution in [2.24, 2.45) is 5.92 Å². The number of benzene rings is 1. The first-order valence-electron chi connectivity index (χ1n) is 8.22. The van der Waals surface area contributed by atoms with Crippen LogP contribution in [0, 0.1) is 5.92 Å². The fourth-order valence-electron chi connectivity index (χ4n) is 3.49. The van der Waals surface area contributed by atoms with Gasteiger partial charge in [0.05, 0.1) is 6.04 Å². The third kappa shape index (κ3) is 4.57. The molecule has 1 amide bonds. The van der Waals surface area contributed by atoms with Gasteiger partial charge in [-0.25, -0.2) is 0 Å². The molecular weight excluding hydrogens is 338 g/mol. The van der Waals surface area contributed by atoms with Gasteiger partial charge in [0.15, 0.2) is 0 Å². The van der Waals surface area contributed by atoms with Crippen molar-refractivity contribution >= 4 is 18.3 Å². The summed E-state index contributed by atoms with van der Waals surface area (Å²) in [6.45, 7) is -1.05. The lowest BCUT2D eigenvalue weighted by atomic mass is 9.86. The number of fused-ring (bicyclic) bond motifs is 1. The molecule has 2 N–H and O–H groups in total. The normalized spacial score (nSPS) is 20.9. The minimum atomic E-state index is -2.81. The molecule has 1 saturated heterocycles. The maximum atomic E-state index is 12.4. The zero-order valence-corrected chi connectivity index (χ0v) is 14.2. The molecule has 1 aliphatic heterocycles. The molecule has 0 radical (unpaired) electrons. The first kappa shape index (κ1) is 18.9. The van der Waals surface area contributed by atoms with Crippen LogP contribution in [0.5, 0.6) is 5.75 Å². The van der Waals surface area contributed by atoms with Crippen LogP contribution in [0.2, 0.25) is 0 Å². The summed E-state index contributed by atoms with van der Waals surface area (Å²) < 4.78 is 29.1. The van der Waals surface area contributed by atoms with Crippen molar-refractivity contribution in [3.8, 4) is 5.75 Å². The SMILES string of the molecule is Cl.O=C(NC1CCCc2cc(OC(F)F)ccc21)C1CCNCC1. The number of piperidine rings is 1. The monoisotopic (exact) mass is 360 g/mol. The molecule has 0 aromatic heterocycles. The molecule has 1 heterocycles. The second kappa shape index (κ2) is 8.62. The Morgan fingerprint density at radius 1 is 1.25 bits per heavy atom. The Morgan fingerprint density at radius 2 is 2.00 bits per heavy atom. The summed E-state index contributed by atoms with van der Waals surface area (Å²) in [5.41, 5.74) is 2.02. The molecular formula is C17H23ClF2N2O2. The number of aryl methyl sites for hydroxylation is 1. The van der Waals surface area contributed by atoms with Crippen molar-refractivity contribution in [1.82, 2.24) is 10.6 Å². The third-order valence-electron chi connectivity index (χ3n) is 4.68. The van der Waals surface area contributed by atoms with Gasteiger partial charge in [0.1, 0.15) is 5.75 Å². The maximum absolute atomic E-state index is 12.4. The number of alkyl halides is 2. The minimum Gasteiger partial charge on any atom is -0.435 e. The van der Waals surface area contributed by atoms with Gasteiger partial charge in [-0.2, -0.15) is 8.78 Å². The number of rotatable bonds is 4. The van der Waals surface area contributed by atoms with Crippen LogP contribution in [0.15, 0.2) is 18.2 Å². The highest BCUT2D eigenvalue weighted by Crippen LogP contribution is 2.33. The van der Waals surface area contributed by atoms with Crippen molar-refractivity contribution in [3.63, 3.8) is 0 Å². The Morgan fingerprint density at radius 3 is 2.71 bits per heavy atom. The number of ether oxygens (including phenoxy) is 1. The number of nitrogens with one attached hydrogen (secondary N) is 2. The first-order chi connectivity index (χ1) is 11.1. The molecule has 24 heavy (non-hydrogen) atoms. The van der Waals surface area contributed by atoms with Crippen LogP contribution < -0.4 is 15.4 Å². The highest BCUT2D eigenvalue weighted by molar-refractivity contribution is 5.85. The maximum Gasteiger partial charge on any atom is 0.387 e. The zero-order chi connectivity index (χ0) is 16.2. The second-order valence-corrected chi connectivity index (χ2v) is 6.22. The molecule has 2 aliphatic rings. The van der Waals surface area contributed by atoms with Gasteiger partial charge in [0.25, 0.3) is 0 Å². The smallest absolute Gasteiger partial charge is 0.387 e. The van der Waals surface area contributed by atoms with Crippen molar-refractivity contribution < 1.29 is 18.3 Å². The van der Waals surface area contributed by atoms with E-state index in [-0.39, 0.29) is 36.0 Å². The molecule has 1 fully saturated rings. The van der Waals surface area contributed by atoms with E-state index in [0.29, 0.717) is 0 Å². The highest BCUT2D eigenvalue weighted by Gasteiger charge is 2.27. The fourth-order valence-corrected chi connectivity index (χ4v) is 3.49. The number of hydrogen-bond donors (Lipinski definition) is 2. The van der Waals surface area contributed by atoms with E-state index in [1.807, 2.05) is 0 Å². The van der Waals surface area contributed by atoms with Gasteiger partial charge in [-0.05, 0) is 68.5 Å². The summed E-state index contributed by atoms with van der Waals surface area (Å²) >= 11 is 0. The summed E-state index contributed by atoms with van der Waals surface area (Å²) in [4.78, 5) is 12.4. The lowest BCUT2D eigenvalue weighted by Crippen LogP contribution is -2.40. The average molecular weight is 361 g/mol. The molecule has 3 rings (SSSR count). The molecule has 1 aromatic carbocycles. The summed E-state index contributed by atoms with van der Waals surface area (Å²) in [6, 6.07) is 5.01. The third-order valence-corrected chi connectivity index (χ3v) is 4.68. The van der Waals surface area contributed by atoms with Crippen molar-refractivity contribution in [2.75, 3.05) is 13.1 Å². The molecule has 1 aromatic rings. The van der Waals surface area contributed by atoms with Crippen LogP contribution in [-0.2, 0) is 11.2 Å². The van der Waals surface area contributed by atoms with Crippen molar-refractivity contribution in [2.45, 2.75) is 44.8 Å². The first-order valence-corrected chi connectivity index (χ1v) is 8.22. The predicted molar refractivity (Wildman–Crippen MR) is 89.7 cm³/mol. The van der Waals surface area contributed by atoms with E-state index in [2.05, 4.69) is 15.4 Å². The Hall–Kier alpha value is -1.40. The van der Waals surface area contributed by atoms with E-state index in [9.17, 15) is 13.6 Å². The molecule has 0 saturated carbocycles. The topological polar surface area (TPSA) is 50.4 Å². The molecule has 1 unspecified atom stereocenters. The van der Waals surface area contributed by atoms with Gasteiger partial charge >= 0.3 is 6.61 Å². The van der Waals surface area contributed by atoms with Gasteiger partial charge in [-0.1, -0.05) is 6.07 Å². The fraction of sp³-hybridized carbons (Fsp3) is 0.588. The summed E-state index contributed by atoms with van der Waals surface area (Å²) in [6.07, 6.45) is 4.38. The average Bonchev–Trinajstić information content (AvgIpc) is 2.55. The number of carbonyl (C=O) groups excluding carboxylic acids is 1. The Kier molecular flexibility index (Phi) is 6.80. The largest absolute Gasteiger partial charge is 0.435 e. The van der Waals surface area contributed by atoms with E-state index in [4.69, 9.17) is 0 Å². The minimum absolute atomic E-state index is 0. The summed E-state index contributed by atoms with van der Waals surface area (Å²) in [5.74, 6) is 0.365. The molecule has 0 bridgehead atoms. The van der Waals surface area contributed by atoms with E-state index in [0.717, 1.165) is 56.3 Å². The zero-order valence-electron chi connectivity index (χ0n) is 13.4. The molecule has 0 spiro atoms. The molecule has 1 aliphatic carbocycles. The number of hydrogen-bond acceptors (Lipinski definition) is 3. The highest BCUT2D eigenvalue weighted by atomic mass is 35.5. The predicted octanol–water partition coefficient (Wildman–Crippen LogP) is 3.20. The number of carbonyl (C=O) groups is 1. The number of amides is 1. The van der Waals surface area contributed by atoms with E-state index >= 15 is 0 Å². The molecule has 4 nitrogen and oxygen atoms in total. The van der Waals surface area contributed by atoms with Gasteiger partial charge in [0, 0.05) is 5.92 Å². The standard InChI is InChI=1S/C17H22F2N2O2.ClH/c18-17(19)23-13-4-5-14-12(10-13)2-1-3-15(14)21-16(22)11-6-8-20-9-7-11;/h4-5,10-11,15,17,20H,1-3,6-9H2,(H,21,22);1H. The Labute approximate surface area is 146 Å². The molecule has 134 valence electrons. The van der Waals surface area contributed by atoms with Crippen LogP contribution in [0.1, 0.15) is 42.9 Å². The van der Waals surface area contributed by atoms with Crippen LogP contribution in [-0.4, -0.2) is 25.6 Å². The van der Waals surface area contributed by atoms with Crippen LogP contribution in [0.4, 0.5) is 8.78 Å². The van der Waals surface area contributed by atoms with E-state index in [1.54, 1.807) is 18.2 Å². The van der Waals surface area contributed by atoms with Gasteiger partial charge < -0.3 is 15.4 Å². The second-order valence-electron chi connectivity index (χ2n) is 6.22. The number of halogens is 3. The van der Waals surface area contributed by atoms with Gasteiger partial charge in [-0.15, -0.1) is 12.4 Å². The summed E-state index contributed by atoms with van der Waals surface area (Å²) in [5, 5.41) is 6.40. The van der Waals surface area contributed by atoms with E-state index < -0.39 is 6.61 Å². The Bertz CT molecular complexity index is 566. The lowest BCUT2D eigenvalue weighted by Gasteiger charge is -2.29. The molecule has 7 heteroatoms. The Balaban J connectivity index is 0.00000208. The van der Waals surface area contributed by atoms with Crippen LogP contribution >= 0.6 is 12.4 Å². The van der Waals surface area contributed by atoms with E-state index in [1.165, 1.54) is 0 Å². The van der Waals surface area contributed by atoms with Crippen LogP contribution in [0.25, 0.3) is 0 Å².